The molecule has 47 heavy (non-hydrogen) atoms. The van der Waals surface area contributed by atoms with E-state index in [4.69, 9.17) is 11.6 Å². The van der Waals surface area contributed by atoms with E-state index in [2.05, 4.69) is 29.8 Å². The zero-order chi connectivity index (χ0) is 33.2. The Morgan fingerprint density at radius 2 is 1.23 bits per heavy atom. The topological polar surface area (TPSA) is 87.3 Å². The summed E-state index contributed by atoms with van der Waals surface area (Å²) >= 11 is 7.45. The molecule has 0 saturated carbocycles. The summed E-state index contributed by atoms with van der Waals surface area (Å²) in [5, 5.41) is 8.73. The molecule has 8 heteroatoms. The van der Waals surface area contributed by atoms with Gasteiger partial charge in [0.15, 0.2) is 0 Å². The fraction of sp³-hybridized carbons (Fsp3) is 0.103. The van der Waals surface area contributed by atoms with Crippen LogP contribution in [0.5, 0.6) is 0 Å². The van der Waals surface area contributed by atoms with Gasteiger partial charge in [-0.1, -0.05) is 98.2 Å². The smallest absolute Gasteiger partial charge is 0.272 e. The Morgan fingerprint density at radius 3 is 1.85 bits per heavy atom. The summed E-state index contributed by atoms with van der Waals surface area (Å²) in [6.45, 7) is 4.26. The first-order valence-electron chi connectivity index (χ1n) is 15.1. The predicted octanol–water partition coefficient (Wildman–Crippen LogP) is 9.35. The van der Waals surface area contributed by atoms with Crippen molar-refractivity contribution in [3.8, 4) is 0 Å². The molecule has 0 radical (unpaired) electrons. The monoisotopic (exact) mass is 659 g/mol. The summed E-state index contributed by atoms with van der Waals surface area (Å²) in [7, 11) is 0. The first-order valence-corrected chi connectivity index (χ1v) is 16.4. The second-order valence-corrected chi connectivity index (χ2v) is 12.7. The first-order chi connectivity index (χ1) is 22.7. The van der Waals surface area contributed by atoms with Gasteiger partial charge < -0.3 is 16.0 Å². The highest BCUT2D eigenvalue weighted by Crippen LogP contribution is 2.37. The fourth-order valence-electron chi connectivity index (χ4n) is 4.68. The quantitative estimate of drug-likeness (QED) is 0.0974. The van der Waals surface area contributed by atoms with Crippen molar-refractivity contribution in [2.75, 3.05) is 10.6 Å². The Bertz CT molecular complexity index is 1840. The highest BCUT2D eigenvalue weighted by molar-refractivity contribution is 8.00. The van der Waals surface area contributed by atoms with E-state index in [1.165, 1.54) is 17.3 Å². The van der Waals surface area contributed by atoms with E-state index in [9.17, 15) is 14.4 Å². The molecule has 0 aliphatic carbocycles. The normalized spacial score (nSPS) is 11.9. The third-order valence-corrected chi connectivity index (χ3v) is 8.78. The molecule has 5 aromatic carbocycles. The maximum atomic E-state index is 13.5. The summed E-state index contributed by atoms with van der Waals surface area (Å²) in [4.78, 5) is 40.8. The van der Waals surface area contributed by atoms with Crippen LogP contribution in [0, 0.1) is 0 Å². The number of halogens is 1. The molecule has 0 aliphatic rings. The molecular weight excluding hydrogens is 626 g/mol. The van der Waals surface area contributed by atoms with Gasteiger partial charge in [0, 0.05) is 26.9 Å². The molecular formula is C39H34ClN3O3S. The van der Waals surface area contributed by atoms with E-state index in [-0.39, 0.29) is 11.6 Å². The second kappa shape index (κ2) is 15.9. The Kier molecular flexibility index (Phi) is 11.3. The molecule has 5 rings (SSSR count). The molecule has 0 saturated heterocycles. The van der Waals surface area contributed by atoms with E-state index in [0.29, 0.717) is 27.8 Å². The van der Waals surface area contributed by atoms with Gasteiger partial charge >= 0.3 is 0 Å². The molecule has 1 atom stereocenters. The lowest BCUT2D eigenvalue weighted by Gasteiger charge is -2.18. The van der Waals surface area contributed by atoms with Gasteiger partial charge in [0.05, 0.1) is 0 Å². The van der Waals surface area contributed by atoms with Gasteiger partial charge in [-0.05, 0) is 89.3 Å². The van der Waals surface area contributed by atoms with Crippen LogP contribution in [0.1, 0.15) is 52.1 Å². The fourth-order valence-corrected chi connectivity index (χ4v) is 5.83. The minimum Gasteiger partial charge on any atom is -0.325 e. The zero-order valence-electron chi connectivity index (χ0n) is 25.9. The summed E-state index contributed by atoms with van der Waals surface area (Å²) in [6.07, 6.45) is 1.59. The largest absolute Gasteiger partial charge is 0.325 e. The lowest BCUT2D eigenvalue weighted by molar-refractivity contribution is -0.116. The maximum absolute atomic E-state index is 13.5. The molecule has 3 N–H and O–H groups in total. The molecule has 1 unspecified atom stereocenters. The number of hydrogen-bond acceptors (Lipinski definition) is 4. The predicted molar refractivity (Wildman–Crippen MR) is 193 cm³/mol. The number of hydrogen-bond donors (Lipinski definition) is 3. The van der Waals surface area contributed by atoms with E-state index in [0.717, 1.165) is 16.1 Å². The van der Waals surface area contributed by atoms with Crippen LogP contribution < -0.4 is 16.0 Å². The average molecular weight is 660 g/mol. The van der Waals surface area contributed by atoms with Gasteiger partial charge in [0.1, 0.15) is 10.9 Å². The lowest BCUT2D eigenvalue weighted by atomic mass is 10.0. The highest BCUT2D eigenvalue weighted by Gasteiger charge is 2.23. The number of carbonyl (C=O) groups is 3. The standard InChI is InChI=1S/C39H34ClN3O3S/c1-26(2)28-15-19-32(20-16-28)42-39(46)36(29-9-5-3-6-10-29)47-34-23-21-33(22-24-34)41-38(45)35(25-27-13-17-31(40)18-14-27)43-37(44)30-11-7-4-8-12-30/h3-26,36H,1-2H3,(H,41,45)(H,42,46)(H,43,44)/b35-25-. The van der Waals surface area contributed by atoms with Crippen LogP contribution in [0.2, 0.25) is 5.02 Å². The molecule has 0 aliphatic heterocycles. The molecule has 6 nitrogen and oxygen atoms in total. The minimum absolute atomic E-state index is 0.0712. The molecule has 236 valence electrons. The van der Waals surface area contributed by atoms with Gasteiger partial charge in [-0.25, -0.2) is 0 Å². The molecule has 0 heterocycles. The van der Waals surface area contributed by atoms with E-state index < -0.39 is 17.1 Å². The van der Waals surface area contributed by atoms with Crippen molar-refractivity contribution in [1.29, 1.82) is 0 Å². The van der Waals surface area contributed by atoms with Crippen molar-refractivity contribution in [2.45, 2.75) is 29.9 Å². The molecule has 0 aromatic heterocycles. The van der Waals surface area contributed by atoms with Crippen LogP contribution >= 0.6 is 23.4 Å². The van der Waals surface area contributed by atoms with Crippen LogP contribution in [0.25, 0.3) is 6.08 Å². The van der Waals surface area contributed by atoms with Crippen LogP contribution in [0.3, 0.4) is 0 Å². The second-order valence-electron chi connectivity index (χ2n) is 11.1. The zero-order valence-corrected chi connectivity index (χ0v) is 27.5. The Hall–Kier alpha value is -5.11. The van der Waals surface area contributed by atoms with Crippen molar-refractivity contribution in [2.24, 2.45) is 0 Å². The van der Waals surface area contributed by atoms with Crippen molar-refractivity contribution in [3.05, 3.63) is 166 Å². The maximum Gasteiger partial charge on any atom is 0.272 e. The molecule has 0 spiro atoms. The van der Waals surface area contributed by atoms with Gasteiger partial charge in [-0.15, -0.1) is 11.8 Å². The molecule has 0 fully saturated rings. The Morgan fingerprint density at radius 1 is 0.660 bits per heavy atom. The highest BCUT2D eigenvalue weighted by atomic mass is 35.5. The van der Waals surface area contributed by atoms with Crippen LogP contribution in [0.4, 0.5) is 11.4 Å². The van der Waals surface area contributed by atoms with Crippen molar-refractivity contribution >= 4 is 58.5 Å². The summed E-state index contributed by atoms with van der Waals surface area (Å²) in [6, 6.07) is 40.4. The summed E-state index contributed by atoms with van der Waals surface area (Å²) < 4.78 is 0. The summed E-state index contributed by atoms with van der Waals surface area (Å²) in [5.74, 6) is -0.634. The number of benzene rings is 5. The first kappa shape index (κ1) is 33.3. The molecule has 3 amide bonds. The number of anilines is 2. The molecule has 5 aromatic rings. The Labute approximate surface area is 284 Å². The van der Waals surface area contributed by atoms with Crippen LogP contribution in [0.15, 0.2) is 144 Å². The number of thioether (sulfide) groups is 1. The van der Waals surface area contributed by atoms with Gasteiger partial charge in [0.25, 0.3) is 11.8 Å². The summed E-state index contributed by atoms with van der Waals surface area (Å²) in [5.41, 5.74) is 4.53. The van der Waals surface area contributed by atoms with Gasteiger partial charge in [0.2, 0.25) is 5.91 Å². The number of rotatable bonds is 11. The number of nitrogens with one attached hydrogen (secondary N) is 3. The van der Waals surface area contributed by atoms with Gasteiger partial charge in [-0.3, -0.25) is 14.4 Å². The van der Waals surface area contributed by atoms with Gasteiger partial charge in [-0.2, -0.15) is 0 Å². The van der Waals surface area contributed by atoms with Crippen molar-refractivity contribution in [1.82, 2.24) is 5.32 Å². The molecule has 0 bridgehead atoms. The number of amides is 3. The lowest BCUT2D eigenvalue weighted by Crippen LogP contribution is -2.30. The number of carbonyl (C=O) groups excluding carboxylic acids is 3. The van der Waals surface area contributed by atoms with E-state index >= 15 is 0 Å². The van der Waals surface area contributed by atoms with Crippen LogP contribution in [-0.2, 0) is 9.59 Å². The van der Waals surface area contributed by atoms with E-state index in [1.54, 1.807) is 66.7 Å². The SMILES string of the molecule is CC(C)c1ccc(NC(=O)C(Sc2ccc(NC(=O)/C(=C/c3ccc(Cl)cc3)NC(=O)c3ccccc3)cc2)c2ccccc2)cc1. The third kappa shape index (κ3) is 9.45. The van der Waals surface area contributed by atoms with Crippen molar-refractivity contribution < 1.29 is 14.4 Å². The third-order valence-electron chi connectivity index (χ3n) is 7.26. The van der Waals surface area contributed by atoms with Crippen LogP contribution in [-0.4, -0.2) is 17.7 Å². The van der Waals surface area contributed by atoms with Crippen molar-refractivity contribution in [3.63, 3.8) is 0 Å². The Balaban J connectivity index is 1.31. The average Bonchev–Trinajstić information content (AvgIpc) is 3.09. The van der Waals surface area contributed by atoms with E-state index in [1.807, 2.05) is 72.8 Å². The minimum atomic E-state index is -0.511.